The smallest absolute Gasteiger partial charge is 0.128 e. The number of hydrogen-bond acceptors (Lipinski definition) is 3. The molecule has 0 radical (unpaired) electrons. The van der Waals surface area contributed by atoms with Gasteiger partial charge in [0.25, 0.3) is 0 Å². The van der Waals surface area contributed by atoms with Crippen LogP contribution in [0.3, 0.4) is 0 Å². The summed E-state index contributed by atoms with van der Waals surface area (Å²) in [5.74, 6) is 1.48. The minimum absolute atomic E-state index is 0.199. The molecular formula is C10H15ClN2OS. The SMILES string of the molecule is C[C@@H](C[S@@](C)=O)N(C)c1ccc(Cl)cn1. The Morgan fingerprint density at radius 3 is 2.73 bits per heavy atom. The maximum absolute atomic E-state index is 11.1. The number of rotatable bonds is 4. The Hall–Kier alpha value is -0.610. The molecule has 0 fully saturated rings. The van der Waals surface area contributed by atoms with Crippen LogP contribution in [-0.4, -0.2) is 34.3 Å². The predicted octanol–water partition coefficient (Wildman–Crippen LogP) is 1.94. The summed E-state index contributed by atoms with van der Waals surface area (Å²) in [4.78, 5) is 6.20. The Labute approximate surface area is 97.9 Å². The molecule has 0 aliphatic carbocycles. The van der Waals surface area contributed by atoms with Crippen molar-refractivity contribution >= 4 is 28.2 Å². The second-order valence-corrected chi connectivity index (χ2v) is 5.45. The Bertz CT molecular complexity index is 342. The lowest BCUT2D eigenvalue weighted by Gasteiger charge is -2.25. The monoisotopic (exact) mass is 246 g/mol. The largest absolute Gasteiger partial charge is 0.356 e. The summed E-state index contributed by atoms with van der Waals surface area (Å²) in [5, 5.41) is 0.624. The fourth-order valence-corrected chi connectivity index (χ4v) is 2.27. The van der Waals surface area contributed by atoms with Crippen molar-refractivity contribution in [1.29, 1.82) is 0 Å². The van der Waals surface area contributed by atoms with Gasteiger partial charge in [0.2, 0.25) is 0 Å². The van der Waals surface area contributed by atoms with Crippen molar-refractivity contribution in [2.45, 2.75) is 13.0 Å². The molecule has 0 spiro atoms. The summed E-state index contributed by atoms with van der Waals surface area (Å²) < 4.78 is 11.1. The maximum atomic E-state index is 11.1. The Balaban J connectivity index is 2.71. The van der Waals surface area contributed by atoms with Gasteiger partial charge in [0.15, 0.2) is 0 Å². The summed E-state index contributed by atoms with van der Waals surface area (Å²) in [5.41, 5.74) is 0. The quantitative estimate of drug-likeness (QED) is 0.814. The molecule has 0 saturated heterocycles. The van der Waals surface area contributed by atoms with Gasteiger partial charge in [0.05, 0.1) is 5.02 Å². The second-order valence-electron chi connectivity index (χ2n) is 3.53. The van der Waals surface area contributed by atoms with E-state index >= 15 is 0 Å². The second kappa shape index (κ2) is 5.47. The van der Waals surface area contributed by atoms with Crippen molar-refractivity contribution < 1.29 is 4.21 Å². The minimum atomic E-state index is -0.790. The molecule has 1 aromatic heterocycles. The van der Waals surface area contributed by atoms with Crippen LogP contribution >= 0.6 is 11.6 Å². The number of anilines is 1. The van der Waals surface area contributed by atoms with Gasteiger partial charge in [0.1, 0.15) is 5.82 Å². The van der Waals surface area contributed by atoms with Crippen molar-refractivity contribution in [1.82, 2.24) is 4.98 Å². The van der Waals surface area contributed by atoms with Crippen LogP contribution in [-0.2, 0) is 10.8 Å². The normalized spacial score (nSPS) is 14.7. The number of pyridine rings is 1. The van der Waals surface area contributed by atoms with E-state index in [2.05, 4.69) is 4.98 Å². The Morgan fingerprint density at radius 2 is 2.27 bits per heavy atom. The van der Waals surface area contributed by atoms with Gasteiger partial charge >= 0.3 is 0 Å². The van der Waals surface area contributed by atoms with Crippen molar-refractivity contribution in [2.75, 3.05) is 24.0 Å². The average molecular weight is 247 g/mol. The van der Waals surface area contributed by atoms with E-state index < -0.39 is 10.8 Å². The molecular weight excluding hydrogens is 232 g/mol. The van der Waals surface area contributed by atoms with Gasteiger partial charge in [-0.15, -0.1) is 0 Å². The van der Waals surface area contributed by atoms with Gasteiger partial charge < -0.3 is 4.90 Å². The lowest BCUT2D eigenvalue weighted by atomic mass is 10.3. The molecule has 1 heterocycles. The molecule has 3 nitrogen and oxygen atoms in total. The molecule has 0 bridgehead atoms. The molecule has 5 heteroatoms. The highest BCUT2D eigenvalue weighted by molar-refractivity contribution is 7.84. The van der Waals surface area contributed by atoms with E-state index in [1.54, 1.807) is 18.5 Å². The third-order valence-corrected chi connectivity index (χ3v) is 3.39. The van der Waals surface area contributed by atoms with Crippen LogP contribution in [0, 0.1) is 0 Å². The minimum Gasteiger partial charge on any atom is -0.356 e. The highest BCUT2D eigenvalue weighted by atomic mass is 35.5. The average Bonchev–Trinajstić information content (AvgIpc) is 2.17. The first-order chi connectivity index (χ1) is 7.00. The molecule has 1 rings (SSSR count). The van der Waals surface area contributed by atoms with E-state index in [-0.39, 0.29) is 6.04 Å². The number of halogens is 1. The van der Waals surface area contributed by atoms with Crippen LogP contribution in [0.25, 0.3) is 0 Å². The zero-order valence-corrected chi connectivity index (χ0v) is 10.7. The number of aromatic nitrogens is 1. The summed E-state index contributed by atoms with van der Waals surface area (Å²) in [6.07, 6.45) is 3.32. The van der Waals surface area contributed by atoms with Crippen LogP contribution in [0.4, 0.5) is 5.82 Å². The van der Waals surface area contributed by atoms with E-state index in [9.17, 15) is 4.21 Å². The van der Waals surface area contributed by atoms with Crippen LogP contribution in [0.1, 0.15) is 6.92 Å². The predicted molar refractivity (Wildman–Crippen MR) is 66.0 cm³/mol. The van der Waals surface area contributed by atoms with E-state index in [0.29, 0.717) is 10.8 Å². The van der Waals surface area contributed by atoms with Crippen LogP contribution < -0.4 is 4.90 Å². The van der Waals surface area contributed by atoms with E-state index in [4.69, 9.17) is 11.6 Å². The first-order valence-corrected chi connectivity index (χ1v) is 6.75. The fourth-order valence-electron chi connectivity index (χ4n) is 1.25. The number of nitrogens with zero attached hydrogens (tertiary/aromatic N) is 2. The molecule has 84 valence electrons. The van der Waals surface area contributed by atoms with Gasteiger partial charge in [-0.25, -0.2) is 4.98 Å². The Kier molecular flexibility index (Phi) is 4.54. The molecule has 0 aliphatic rings. The van der Waals surface area contributed by atoms with E-state index in [0.717, 1.165) is 5.82 Å². The van der Waals surface area contributed by atoms with Gasteiger partial charge in [-0.05, 0) is 19.1 Å². The van der Waals surface area contributed by atoms with Gasteiger partial charge in [-0.1, -0.05) is 11.6 Å². The molecule has 0 amide bonds. The lowest BCUT2D eigenvalue weighted by molar-refractivity contribution is 0.674. The van der Waals surface area contributed by atoms with Gasteiger partial charge in [0, 0.05) is 42.1 Å². The van der Waals surface area contributed by atoms with E-state index in [1.165, 1.54) is 0 Å². The fraction of sp³-hybridized carbons (Fsp3) is 0.500. The first kappa shape index (κ1) is 12.5. The van der Waals surface area contributed by atoms with Crippen molar-refractivity contribution in [3.8, 4) is 0 Å². The molecule has 0 aliphatic heterocycles. The molecule has 0 aromatic carbocycles. The molecule has 15 heavy (non-hydrogen) atoms. The highest BCUT2D eigenvalue weighted by Crippen LogP contribution is 2.15. The van der Waals surface area contributed by atoms with Gasteiger partial charge in [-0.2, -0.15) is 0 Å². The van der Waals surface area contributed by atoms with Crippen molar-refractivity contribution in [2.24, 2.45) is 0 Å². The molecule has 1 aromatic rings. The van der Waals surface area contributed by atoms with Gasteiger partial charge in [-0.3, -0.25) is 4.21 Å². The zero-order valence-electron chi connectivity index (χ0n) is 9.11. The summed E-state index contributed by atoms with van der Waals surface area (Å²) in [6.45, 7) is 2.03. The standard InChI is InChI=1S/C10H15ClN2OS/c1-8(7-15(3)14)13(2)10-5-4-9(11)6-12-10/h4-6,8H,7H2,1-3H3/t8-,15+/m0/s1. The van der Waals surface area contributed by atoms with Crippen LogP contribution in [0.2, 0.25) is 5.02 Å². The lowest BCUT2D eigenvalue weighted by Crippen LogP contribution is -2.33. The third kappa shape index (κ3) is 3.80. The first-order valence-electron chi connectivity index (χ1n) is 4.65. The molecule has 0 saturated carbocycles. The highest BCUT2D eigenvalue weighted by Gasteiger charge is 2.12. The Morgan fingerprint density at radius 1 is 1.60 bits per heavy atom. The van der Waals surface area contributed by atoms with E-state index in [1.807, 2.05) is 24.9 Å². The molecule has 0 N–H and O–H groups in total. The molecule has 2 atom stereocenters. The number of hydrogen-bond donors (Lipinski definition) is 0. The van der Waals surface area contributed by atoms with Crippen molar-refractivity contribution in [3.63, 3.8) is 0 Å². The van der Waals surface area contributed by atoms with Crippen molar-refractivity contribution in [3.05, 3.63) is 23.4 Å². The third-order valence-electron chi connectivity index (χ3n) is 2.21. The van der Waals surface area contributed by atoms with Crippen LogP contribution in [0.15, 0.2) is 18.3 Å². The maximum Gasteiger partial charge on any atom is 0.128 e. The van der Waals surface area contributed by atoms with Crippen LogP contribution in [0.5, 0.6) is 0 Å². The summed E-state index contributed by atoms with van der Waals surface area (Å²) >= 11 is 5.75. The summed E-state index contributed by atoms with van der Waals surface area (Å²) in [6, 6.07) is 3.86. The topological polar surface area (TPSA) is 33.2 Å². The summed E-state index contributed by atoms with van der Waals surface area (Å²) in [7, 11) is 1.15. The zero-order chi connectivity index (χ0) is 11.4. The molecule has 0 unspecified atom stereocenters.